The predicted molar refractivity (Wildman–Crippen MR) is 55.9 cm³/mol. The van der Waals surface area contributed by atoms with E-state index in [1.54, 1.807) is 4.68 Å². The zero-order valence-corrected chi connectivity index (χ0v) is 9.47. The van der Waals surface area contributed by atoms with Crippen molar-refractivity contribution < 1.29 is 9.90 Å². The van der Waals surface area contributed by atoms with Gasteiger partial charge >= 0.3 is 5.97 Å². The Bertz CT molecular complexity index is 340. The molecule has 0 saturated carbocycles. The molecule has 0 aliphatic carbocycles. The van der Waals surface area contributed by atoms with Crippen molar-refractivity contribution in [1.29, 1.82) is 0 Å². The Morgan fingerprint density at radius 1 is 1.86 bits per heavy atom. The van der Waals surface area contributed by atoms with Crippen LogP contribution in [0.3, 0.4) is 0 Å². The molecule has 0 bridgehead atoms. The molecule has 14 heavy (non-hydrogen) atoms. The van der Waals surface area contributed by atoms with Crippen LogP contribution in [0.1, 0.15) is 5.69 Å². The number of carbonyl (C=O) groups is 1. The summed E-state index contributed by atoms with van der Waals surface area (Å²) in [6.45, 7) is 1.89. The summed E-state index contributed by atoms with van der Waals surface area (Å²) < 4.78 is 1.71. The lowest BCUT2D eigenvalue weighted by molar-refractivity contribution is -0.136. The van der Waals surface area contributed by atoms with Gasteiger partial charge in [0.15, 0.2) is 0 Å². The van der Waals surface area contributed by atoms with E-state index in [4.69, 9.17) is 16.7 Å². The van der Waals surface area contributed by atoms with Gasteiger partial charge in [-0.05, 0) is 13.0 Å². The smallest absolute Gasteiger partial charge is 0.322 e. The van der Waals surface area contributed by atoms with Crippen LogP contribution in [-0.4, -0.2) is 32.0 Å². The maximum atomic E-state index is 10.4. The van der Waals surface area contributed by atoms with Crippen molar-refractivity contribution >= 4 is 29.3 Å². The first-order chi connectivity index (χ1) is 6.50. The molecule has 6 heteroatoms. The van der Waals surface area contributed by atoms with Gasteiger partial charge in [0, 0.05) is 12.8 Å². The average molecular weight is 235 g/mol. The fourth-order valence-corrected chi connectivity index (χ4v) is 2.08. The van der Waals surface area contributed by atoms with Gasteiger partial charge in [-0.25, -0.2) is 0 Å². The molecule has 0 aromatic carbocycles. The SMILES string of the molecule is Cc1cc(SCC(Cl)C(=O)O)n(C)n1. The molecular weight excluding hydrogens is 224 g/mol. The van der Waals surface area contributed by atoms with Crippen molar-refractivity contribution in [3.63, 3.8) is 0 Å². The van der Waals surface area contributed by atoms with Crippen LogP contribution in [-0.2, 0) is 11.8 Å². The molecule has 0 radical (unpaired) electrons. The number of aromatic nitrogens is 2. The molecule has 78 valence electrons. The van der Waals surface area contributed by atoms with Crippen molar-refractivity contribution in [3.8, 4) is 0 Å². The molecule has 1 N–H and O–H groups in total. The molecule has 0 spiro atoms. The Balaban J connectivity index is 2.53. The number of nitrogens with zero attached hydrogens (tertiary/aromatic N) is 2. The maximum Gasteiger partial charge on any atom is 0.322 e. The molecule has 1 rings (SSSR count). The molecule has 0 aliphatic rings. The number of thioether (sulfide) groups is 1. The van der Waals surface area contributed by atoms with Gasteiger partial charge in [0.25, 0.3) is 0 Å². The number of hydrogen-bond donors (Lipinski definition) is 1. The van der Waals surface area contributed by atoms with Gasteiger partial charge in [-0.3, -0.25) is 9.48 Å². The van der Waals surface area contributed by atoms with Gasteiger partial charge in [-0.15, -0.1) is 23.4 Å². The van der Waals surface area contributed by atoms with Crippen LogP contribution >= 0.6 is 23.4 Å². The van der Waals surface area contributed by atoms with Crippen LogP contribution in [0.2, 0.25) is 0 Å². The summed E-state index contributed by atoms with van der Waals surface area (Å²) in [6.07, 6.45) is 0. The van der Waals surface area contributed by atoms with Crippen LogP contribution in [0.4, 0.5) is 0 Å². The number of rotatable bonds is 4. The number of aryl methyl sites for hydroxylation is 2. The van der Waals surface area contributed by atoms with Crippen molar-refractivity contribution in [1.82, 2.24) is 9.78 Å². The molecule has 0 amide bonds. The Morgan fingerprint density at radius 3 is 2.93 bits per heavy atom. The van der Waals surface area contributed by atoms with Crippen LogP contribution in [0, 0.1) is 6.92 Å². The van der Waals surface area contributed by atoms with E-state index >= 15 is 0 Å². The maximum absolute atomic E-state index is 10.4. The highest BCUT2D eigenvalue weighted by Gasteiger charge is 2.14. The van der Waals surface area contributed by atoms with E-state index in [0.717, 1.165) is 10.7 Å². The summed E-state index contributed by atoms with van der Waals surface area (Å²) in [5.74, 6) is -0.645. The molecule has 0 saturated heterocycles. The minimum absolute atomic E-state index is 0.343. The second-order valence-electron chi connectivity index (χ2n) is 2.86. The lowest BCUT2D eigenvalue weighted by Crippen LogP contribution is -2.15. The quantitative estimate of drug-likeness (QED) is 0.634. The van der Waals surface area contributed by atoms with Gasteiger partial charge in [0.05, 0.1) is 10.7 Å². The number of aliphatic carboxylic acids is 1. The van der Waals surface area contributed by atoms with Gasteiger partial charge < -0.3 is 5.11 Å². The Kier molecular flexibility index (Phi) is 3.83. The lowest BCUT2D eigenvalue weighted by Gasteiger charge is -2.03. The summed E-state index contributed by atoms with van der Waals surface area (Å²) in [5.41, 5.74) is 0.913. The van der Waals surface area contributed by atoms with Gasteiger partial charge in [-0.1, -0.05) is 0 Å². The molecule has 0 fully saturated rings. The normalized spacial score (nSPS) is 12.8. The molecule has 1 aromatic heterocycles. The minimum Gasteiger partial charge on any atom is -0.480 e. The molecule has 1 unspecified atom stereocenters. The Morgan fingerprint density at radius 2 is 2.50 bits per heavy atom. The van der Waals surface area contributed by atoms with Crippen molar-refractivity contribution in [2.24, 2.45) is 7.05 Å². The fourth-order valence-electron chi connectivity index (χ4n) is 0.952. The summed E-state index contributed by atoms with van der Waals surface area (Å²) in [5, 5.41) is 12.8. The minimum atomic E-state index is -0.988. The summed E-state index contributed by atoms with van der Waals surface area (Å²) in [6, 6.07) is 1.90. The van der Waals surface area contributed by atoms with Crippen LogP contribution in [0.25, 0.3) is 0 Å². The van der Waals surface area contributed by atoms with Crippen molar-refractivity contribution in [2.75, 3.05) is 5.75 Å². The van der Waals surface area contributed by atoms with Crippen molar-refractivity contribution in [2.45, 2.75) is 17.3 Å². The second kappa shape index (κ2) is 4.70. The van der Waals surface area contributed by atoms with E-state index in [9.17, 15) is 4.79 Å². The summed E-state index contributed by atoms with van der Waals surface area (Å²) in [7, 11) is 1.82. The van der Waals surface area contributed by atoms with Crippen LogP contribution in [0.15, 0.2) is 11.1 Å². The third-order valence-electron chi connectivity index (χ3n) is 1.60. The molecule has 1 aromatic rings. The van der Waals surface area contributed by atoms with Gasteiger partial charge in [0.2, 0.25) is 0 Å². The first-order valence-corrected chi connectivity index (χ1v) is 5.43. The first kappa shape index (κ1) is 11.4. The van der Waals surface area contributed by atoms with E-state index in [1.807, 2.05) is 20.0 Å². The van der Waals surface area contributed by atoms with Crippen LogP contribution < -0.4 is 0 Å². The molecule has 4 nitrogen and oxygen atoms in total. The number of halogens is 1. The van der Waals surface area contributed by atoms with E-state index in [1.165, 1.54) is 11.8 Å². The highest BCUT2D eigenvalue weighted by atomic mass is 35.5. The van der Waals surface area contributed by atoms with E-state index in [0.29, 0.717) is 5.75 Å². The number of hydrogen-bond acceptors (Lipinski definition) is 3. The zero-order valence-electron chi connectivity index (χ0n) is 7.90. The molecule has 0 aliphatic heterocycles. The first-order valence-electron chi connectivity index (χ1n) is 4.01. The number of alkyl halides is 1. The second-order valence-corrected chi connectivity index (χ2v) is 4.43. The molecular formula is C8H11ClN2O2S. The van der Waals surface area contributed by atoms with Gasteiger partial charge in [-0.2, -0.15) is 5.10 Å². The van der Waals surface area contributed by atoms with Crippen molar-refractivity contribution in [3.05, 3.63) is 11.8 Å². The predicted octanol–water partition coefficient (Wildman–Crippen LogP) is 1.51. The standard InChI is InChI=1S/C8H11ClN2O2S/c1-5-3-7(11(2)10-5)14-4-6(9)8(12)13/h3,6H,4H2,1-2H3,(H,12,13). The third kappa shape index (κ3) is 2.92. The summed E-state index contributed by atoms with van der Waals surface area (Å²) >= 11 is 6.97. The van der Waals surface area contributed by atoms with E-state index in [2.05, 4.69) is 5.10 Å². The largest absolute Gasteiger partial charge is 0.480 e. The van der Waals surface area contributed by atoms with Crippen LogP contribution in [0.5, 0.6) is 0 Å². The fraction of sp³-hybridized carbons (Fsp3) is 0.500. The highest BCUT2D eigenvalue weighted by Crippen LogP contribution is 2.20. The average Bonchev–Trinajstić information content (AvgIpc) is 2.40. The third-order valence-corrected chi connectivity index (χ3v) is 3.31. The zero-order chi connectivity index (χ0) is 10.7. The molecule has 1 atom stereocenters. The lowest BCUT2D eigenvalue weighted by atomic mass is 10.5. The number of carboxylic acid groups (broad SMARTS) is 1. The highest BCUT2D eigenvalue weighted by molar-refractivity contribution is 7.99. The Labute approximate surface area is 91.2 Å². The van der Waals surface area contributed by atoms with E-state index < -0.39 is 11.3 Å². The molecule has 1 heterocycles. The summed E-state index contributed by atoms with van der Waals surface area (Å²) in [4.78, 5) is 10.4. The van der Waals surface area contributed by atoms with E-state index in [-0.39, 0.29) is 0 Å². The monoisotopic (exact) mass is 234 g/mol. The number of carboxylic acids is 1. The Hall–Kier alpha value is -0.680. The van der Waals surface area contributed by atoms with Gasteiger partial charge in [0.1, 0.15) is 5.38 Å². The topological polar surface area (TPSA) is 55.1 Å².